The fraction of sp³-hybridized carbons (Fsp3) is 0.0833. The maximum Gasteiger partial charge on any atom is 0.339 e. The molecule has 0 unspecified atom stereocenters. The average Bonchev–Trinajstić information content (AvgIpc) is 2.28. The van der Waals surface area contributed by atoms with Crippen LogP contribution in [0.25, 0.3) is 10.8 Å². The van der Waals surface area contributed by atoms with Gasteiger partial charge in [-0.3, -0.25) is 0 Å². The van der Waals surface area contributed by atoms with Crippen molar-refractivity contribution in [2.45, 2.75) is 5.88 Å². The van der Waals surface area contributed by atoms with Crippen molar-refractivity contribution in [3.05, 3.63) is 41.5 Å². The molecular formula is C12H9ClO3. The molecule has 2 aromatic rings. The molecule has 0 radical (unpaired) electrons. The summed E-state index contributed by atoms with van der Waals surface area (Å²) in [5.74, 6) is -1.33. The van der Waals surface area contributed by atoms with E-state index in [0.717, 1.165) is 10.8 Å². The van der Waals surface area contributed by atoms with Crippen LogP contribution in [-0.2, 0) is 5.88 Å². The number of hydrogen-bond acceptors (Lipinski definition) is 2. The lowest BCUT2D eigenvalue weighted by Crippen LogP contribution is -1.99. The number of benzene rings is 2. The van der Waals surface area contributed by atoms with Crippen molar-refractivity contribution in [1.29, 1.82) is 0 Å². The van der Waals surface area contributed by atoms with Gasteiger partial charge in [0.1, 0.15) is 11.3 Å². The summed E-state index contributed by atoms with van der Waals surface area (Å²) in [6.07, 6.45) is 0. The number of aromatic hydroxyl groups is 1. The van der Waals surface area contributed by atoms with E-state index >= 15 is 0 Å². The van der Waals surface area contributed by atoms with Gasteiger partial charge < -0.3 is 10.2 Å². The molecule has 82 valence electrons. The van der Waals surface area contributed by atoms with Crippen LogP contribution in [0.5, 0.6) is 5.75 Å². The number of alkyl halides is 1. The van der Waals surface area contributed by atoms with Crippen molar-refractivity contribution in [2.24, 2.45) is 0 Å². The third-order valence-electron chi connectivity index (χ3n) is 2.49. The molecule has 0 saturated carbocycles. The van der Waals surface area contributed by atoms with Gasteiger partial charge in [0.25, 0.3) is 0 Å². The number of aromatic carboxylic acids is 1. The van der Waals surface area contributed by atoms with E-state index in [1.165, 1.54) is 6.07 Å². The first kappa shape index (κ1) is 10.8. The van der Waals surface area contributed by atoms with Crippen molar-refractivity contribution >= 4 is 28.3 Å². The van der Waals surface area contributed by atoms with E-state index < -0.39 is 5.97 Å². The molecule has 0 aliphatic heterocycles. The van der Waals surface area contributed by atoms with Gasteiger partial charge in [-0.15, -0.1) is 11.6 Å². The van der Waals surface area contributed by atoms with E-state index in [9.17, 15) is 9.90 Å². The second kappa shape index (κ2) is 4.02. The van der Waals surface area contributed by atoms with Crippen molar-refractivity contribution < 1.29 is 15.0 Å². The third-order valence-corrected chi connectivity index (χ3v) is 2.76. The molecule has 2 aromatic carbocycles. The number of fused-ring (bicyclic) bond motifs is 1. The molecule has 3 nitrogen and oxygen atoms in total. The lowest BCUT2D eigenvalue weighted by Gasteiger charge is -2.09. The summed E-state index contributed by atoms with van der Waals surface area (Å²) in [6, 6.07) is 8.67. The normalized spacial score (nSPS) is 10.6. The van der Waals surface area contributed by atoms with E-state index in [4.69, 9.17) is 16.7 Å². The Morgan fingerprint density at radius 2 is 2.00 bits per heavy atom. The van der Waals surface area contributed by atoms with Crippen LogP contribution in [0.4, 0.5) is 0 Å². The van der Waals surface area contributed by atoms with Gasteiger partial charge in [-0.05, 0) is 16.8 Å². The van der Waals surface area contributed by atoms with Crippen molar-refractivity contribution in [3.63, 3.8) is 0 Å². The van der Waals surface area contributed by atoms with Crippen LogP contribution in [0.1, 0.15) is 15.9 Å². The number of carboxylic acids is 1. The second-order valence-corrected chi connectivity index (χ2v) is 3.68. The monoisotopic (exact) mass is 236 g/mol. The summed E-state index contributed by atoms with van der Waals surface area (Å²) in [5, 5.41) is 20.3. The Hall–Kier alpha value is -1.74. The van der Waals surface area contributed by atoms with E-state index in [2.05, 4.69) is 0 Å². The van der Waals surface area contributed by atoms with Crippen LogP contribution in [-0.4, -0.2) is 16.2 Å². The lowest BCUT2D eigenvalue weighted by atomic mass is 10.0. The summed E-state index contributed by atoms with van der Waals surface area (Å²) >= 11 is 5.73. The zero-order valence-electron chi connectivity index (χ0n) is 8.27. The first-order valence-electron chi connectivity index (χ1n) is 4.68. The summed E-state index contributed by atoms with van der Waals surface area (Å²) in [6.45, 7) is 0. The van der Waals surface area contributed by atoms with Crippen LogP contribution < -0.4 is 0 Å². The number of carbonyl (C=O) groups is 1. The lowest BCUT2D eigenvalue weighted by molar-refractivity contribution is 0.0694. The quantitative estimate of drug-likeness (QED) is 0.788. The highest BCUT2D eigenvalue weighted by atomic mass is 35.5. The molecule has 0 aliphatic carbocycles. The second-order valence-electron chi connectivity index (χ2n) is 3.41. The van der Waals surface area contributed by atoms with Gasteiger partial charge >= 0.3 is 5.97 Å². The van der Waals surface area contributed by atoms with E-state index in [1.54, 1.807) is 12.1 Å². The highest BCUT2D eigenvalue weighted by molar-refractivity contribution is 6.18. The molecule has 0 saturated heterocycles. The van der Waals surface area contributed by atoms with E-state index in [0.29, 0.717) is 5.56 Å². The maximum atomic E-state index is 10.9. The van der Waals surface area contributed by atoms with Gasteiger partial charge in [-0.1, -0.05) is 24.3 Å². The van der Waals surface area contributed by atoms with E-state index in [1.807, 2.05) is 12.1 Å². The number of carboxylic acid groups (broad SMARTS) is 1. The van der Waals surface area contributed by atoms with Crippen molar-refractivity contribution in [3.8, 4) is 5.75 Å². The largest absolute Gasteiger partial charge is 0.507 e. The minimum absolute atomic E-state index is 0.0769. The predicted octanol–water partition coefficient (Wildman–Crippen LogP) is 2.98. The molecule has 0 spiro atoms. The Morgan fingerprint density at radius 1 is 1.31 bits per heavy atom. The Kier molecular flexibility index (Phi) is 2.71. The topological polar surface area (TPSA) is 57.5 Å². The predicted molar refractivity (Wildman–Crippen MR) is 62.1 cm³/mol. The standard InChI is InChI=1S/C12H9ClO3/c13-6-10-8-4-2-1-3-7(8)5-9(11(10)14)12(15)16/h1-5,14H,6H2,(H,15,16). The SMILES string of the molecule is O=C(O)c1cc2ccccc2c(CCl)c1O. The number of rotatable bonds is 2. The molecule has 0 aliphatic rings. The van der Waals surface area contributed by atoms with Crippen LogP contribution in [0.2, 0.25) is 0 Å². The smallest absolute Gasteiger partial charge is 0.339 e. The number of halogens is 1. The van der Waals surface area contributed by atoms with Crippen LogP contribution in [0.3, 0.4) is 0 Å². The minimum Gasteiger partial charge on any atom is -0.507 e. The molecule has 0 amide bonds. The van der Waals surface area contributed by atoms with Gasteiger partial charge in [0.05, 0.1) is 5.88 Å². The van der Waals surface area contributed by atoms with Gasteiger partial charge in [-0.25, -0.2) is 4.79 Å². The van der Waals surface area contributed by atoms with Gasteiger partial charge in [0.15, 0.2) is 0 Å². The Labute approximate surface area is 96.9 Å². The van der Waals surface area contributed by atoms with Gasteiger partial charge in [-0.2, -0.15) is 0 Å². The first-order valence-corrected chi connectivity index (χ1v) is 5.21. The molecule has 0 atom stereocenters. The molecule has 0 heterocycles. The fourth-order valence-electron chi connectivity index (χ4n) is 1.71. The summed E-state index contributed by atoms with van der Waals surface area (Å²) in [4.78, 5) is 10.9. The first-order chi connectivity index (χ1) is 7.65. The van der Waals surface area contributed by atoms with Crippen LogP contribution in [0, 0.1) is 0 Å². The molecule has 2 N–H and O–H groups in total. The highest BCUT2D eigenvalue weighted by Crippen LogP contribution is 2.32. The van der Waals surface area contributed by atoms with Gasteiger partial charge in [0, 0.05) is 5.56 Å². The summed E-state index contributed by atoms with van der Waals surface area (Å²) in [7, 11) is 0. The zero-order chi connectivity index (χ0) is 11.7. The van der Waals surface area contributed by atoms with Crippen LogP contribution >= 0.6 is 11.6 Å². The van der Waals surface area contributed by atoms with Crippen molar-refractivity contribution in [1.82, 2.24) is 0 Å². The van der Waals surface area contributed by atoms with E-state index in [-0.39, 0.29) is 17.2 Å². The van der Waals surface area contributed by atoms with Crippen molar-refractivity contribution in [2.75, 3.05) is 0 Å². The Morgan fingerprint density at radius 3 is 2.62 bits per heavy atom. The molecule has 0 bridgehead atoms. The van der Waals surface area contributed by atoms with Crippen LogP contribution in [0.15, 0.2) is 30.3 Å². The zero-order valence-corrected chi connectivity index (χ0v) is 9.03. The number of phenols is 1. The third kappa shape index (κ3) is 1.59. The molecule has 4 heteroatoms. The summed E-state index contributed by atoms with van der Waals surface area (Å²) in [5.41, 5.74) is 0.339. The minimum atomic E-state index is -1.16. The number of hydrogen-bond donors (Lipinski definition) is 2. The molecule has 16 heavy (non-hydrogen) atoms. The van der Waals surface area contributed by atoms with Gasteiger partial charge in [0.2, 0.25) is 0 Å². The molecule has 0 aromatic heterocycles. The molecule has 0 fully saturated rings. The maximum absolute atomic E-state index is 10.9. The average molecular weight is 237 g/mol. The Balaban J connectivity index is 2.88. The molecule has 2 rings (SSSR count). The highest BCUT2D eigenvalue weighted by Gasteiger charge is 2.16. The molecular weight excluding hydrogens is 228 g/mol. The summed E-state index contributed by atoms with van der Waals surface area (Å²) < 4.78 is 0. The Bertz CT molecular complexity index is 563. The fourth-order valence-corrected chi connectivity index (χ4v) is 1.98.